The van der Waals surface area contributed by atoms with Gasteiger partial charge in [-0.3, -0.25) is 4.90 Å². The summed E-state index contributed by atoms with van der Waals surface area (Å²) in [5, 5.41) is 2.95. The summed E-state index contributed by atoms with van der Waals surface area (Å²) in [6, 6.07) is 19.8. The molecule has 1 aliphatic rings. The molecule has 7 heteroatoms. The zero-order chi connectivity index (χ0) is 23.2. The first kappa shape index (κ1) is 22.7. The molecule has 1 heterocycles. The summed E-state index contributed by atoms with van der Waals surface area (Å²) in [7, 11) is 0. The molecule has 1 aliphatic heterocycles. The molecule has 1 N–H and O–H groups in total. The van der Waals surface area contributed by atoms with Gasteiger partial charge in [-0.15, -0.1) is 0 Å². The van der Waals surface area contributed by atoms with Gasteiger partial charge in [0.2, 0.25) is 0 Å². The van der Waals surface area contributed by atoms with Crippen LogP contribution >= 0.6 is 0 Å². The molecule has 172 valence electrons. The lowest BCUT2D eigenvalue weighted by molar-refractivity contribution is 0.126. The van der Waals surface area contributed by atoms with Crippen molar-refractivity contribution in [3.05, 3.63) is 95.6 Å². The molecule has 4 rings (SSSR count). The van der Waals surface area contributed by atoms with Gasteiger partial charge in [-0.05, 0) is 54.4 Å². The molecule has 0 bridgehead atoms. The minimum Gasteiger partial charge on any atom is -0.492 e. The first-order valence-corrected chi connectivity index (χ1v) is 11.1. The van der Waals surface area contributed by atoms with Crippen LogP contribution in [-0.2, 0) is 0 Å². The standard InChI is InChI=1S/C26H27F2N3O2/c1-2-33-24-6-4-3-5-23(24)29-26(32)31-17-15-30(16-18-31)25(19-7-11-21(27)12-8-19)20-9-13-22(28)14-10-20/h3-14,25H,2,15-18H2,1H3,(H,29,32). The van der Waals surface area contributed by atoms with Gasteiger partial charge >= 0.3 is 6.03 Å². The Balaban J connectivity index is 1.46. The van der Waals surface area contributed by atoms with Gasteiger partial charge in [-0.1, -0.05) is 36.4 Å². The quantitative estimate of drug-likeness (QED) is 0.553. The zero-order valence-corrected chi connectivity index (χ0v) is 18.5. The molecular formula is C26H27F2N3O2. The van der Waals surface area contributed by atoms with Crippen molar-refractivity contribution in [1.82, 2.24) is 9.80 Å². The number of ether oxygens (including phenoxy) is 1. The third-order valence-electron chi connectivity index (χ3n) is 5.77. The van der Waals surface area contributed by atoms with E-state index in [9.17, 15) is 13.6 Å². The molecule has 1 fully saturated rings. The van der Waals surface area contributed by atoms with E-state index in [1.54, 1.807) is 29.2 Å². The summed E-state index contributed by atoms with van der Waals surface area (Å²) in [5.41, 5.74) is 2.49. The van der Waals surface area contributed by atoms with Crippen molar-refractivity contribution in [2.75, 3.05) is 38.1 Å². The van der Waals surface area contributed by atoms with Crippen molar-refractivity contribution in [2.45, 2.75) is 13.0 Å². The number of carbonyl (C=O) groups is 1. The second-order valence-electron chi connectivity index (χ2n) is 7.89. The van der Waals surface area contributed by atoms with Crippen LogP contribution in [0.1, 0.15) is 24.1 Å². The highest BCUT2D eigenvalue weighted by molar-refractivity contribution is 5.91. The number of hydrogen-bond acceptors (Lipinski definition) is 3. The molecule has 0 radical (unpaired) electrons. The Labute approximate surface area is 192 Å². The Kier molecular flexibility index (Phi) is 7.19. The number of para-hydroxylation sites is 2. The number of rotatable bonds is 6. The SMILES string of the molecule is CCOc1ccccc1NC(=O)N1CCN(C(c2ccc(F)cc2)c2ccc(F)cc2)CC1. The molecule has 0 unspecified atom stereocenters. The maximum absolute atomic E-state index is 13.5. The molecule has 5 nitrogen and oxygen atoms in total. The topological polar surface area (TPSA) is 44.8 Å². The largest absolute Gasteiger partial charge is 0.492 e. The maximum Gasteiger partial charge on any atom is 0.322 e. The molecule has 0 spiro atoms. The van der Waals surface area contributed by atoms with Gasteiger partial charge in [-0.25, -0.2) is 13.6 Å². The van der Waals surface area contributed by atoms with Crippen molar-refractivity contribution >= 4 is 11.7 Å². The van der Waals surface area contributed by atoms with Crippen LogP contribution in [0.3, 0.4) is 0 Å². The number of hydrogen-bond donors (Lipinski definition) is 1. The molecule has 1 saturated heterocycles. The third-order valence-corrected chi connectivity index (χ3v) is 5.77. The van der Waals surface area contributed by atoms with Crippen LogP contribution in [0.4, 0.5) is 19.3 Å². The lowest BCUT2D eigenvalue weighted by Gasteiger charge is -2.39. The van der Waals surface area contributed by atoms with Crippen LogP contribution in [0.5, 0.6) is 5.75 Å². The molecule has 0 atom stereocenters. The van der Waals surface area contributed by atoms with E-state index in [0.29, 0.717) is 44.2 Å². The average molecular weight is 452 g/mol. The minimum absolute atomic E-state index is 0.157. The fraction of sp³-hybridized carbons (Fsp3) is 0.269. The predicted octanol–water partition coefficient (Wildman–Crippen LogP) is 5.30. The molecular weight excluding hydrogens is 424 g/mol. The van der Waals surface area contributed by atoms with Crippen LogP contribution in [0, 0.1) is 11.6 Å². The van der Waals surface area contributed by atoms with Gasteiger partial charge < -0.3 is 15.0 Å². The molecule has 2 amide bonds. The Bertz CT molecular complexity index is 1020. The smallest absolute Gasteiger partial charge is 0.322 e. The van der Waals surface area contributed by atoms with E-state index in [1.807, 2.05) is 31.2 Å². The van der Waals surface area contributed by atoms with Gasteiger partial charge in [0, 0.05) is 26.2 Å². The van der Waals surface area contributed by atoms with Gasteiger partial charge in [0.25, 0.3) is 0 Å². The van der Waals surface area contributed by atoms with E-state index in [-0.39, 0.29) is 23.7 Å². The molecule has 3 aromatic carbocycles. The van der Waals surface area contributed by atoms with Gasteiger partial charge in [0.15, 0.2) is 0 Å². The first-order valence-electron chi connectivity index (χ1n) is 11.1. The third kappa shape index (κ3) is 5.49. The lowest BCUT2D eigenvalue weighted by atomic mass is 9.96. The maximum atomic E-state index is 13.5. The van der Waals surface area contributed by atoms with E-state index >= 15 is 0 Å². The second kappa shape index (κ2) is 10.4. The second-order valence-corrected chi connectivity index (χ2v) is 7.89. The van der Waals surface area contributed by atoms with Crippen molar-refractivity contribution < 1.29 is 18.3 Å². The van der Waals surface area contributed by atoms with E-state index in [2.05, 4.69) is 10.2 Å². The van der Waals surface area contributed by atoms with Gasteiger partial charge in [-0.2, -0.15) is 0 Å². The van der Waals surface area contributed by atoms with E-state index in [0.717, 1.165) is 11.1 Å². The van der Waals surface area contributed by atoms with Crippen LogP contribution in [-0.4, -0.2) is 48.6 Å². The van der Waals surface area contributed by atoms with Crippen molar-refractivity contribution in [2.24, 2.45) is 0 Å². The van der Waals surface area contributed by atoms with Gasteiger partial charge in [0.05, 0.1) is 18.3 Å². The molecule has 0 aromatic heterocycles. The number of amides is 2. The summed E-state index contributed by atoms with van der Waals surface area (Å²) in [6.45, 7) is 4.72. The number of carbonyl (C=O) groups excluding carboxylic acids is 1. The lowest BCUT2D eigenvalue weighted by Crippen LogP contribution is -2.51. The molecule has 0 saturated carbocycles. The number of anilines is 1. The van der Waals surface area contributed by atoms with Crippen LogP contribution in [0.25, 0.3) is 0 Å². The Morgan fingerprint density at radius 3 is 1.97 bits per heavy atom. The van der Waals surface area contributed by atoms with Crippen molar-refractivity contribution in [1.29, 1.82) is 0 Å². The Morgan fingerprint density at radius 1 is 0.879 bits per heavy atom. The highest BCUT2D eigenvalue weighted by Crippen LogP contribution is 2.30. The number of piperazine rings is 1. The van der Waals surface area contributed by atoms with Crippen LogP contribution < -0.4 is 10.1 Å². The number of halogens is 2. The summed E-state index contributed by atoms with van der Waals surface area (Å²) < 4.78 is 32.6. The number of benzene rings is 3. The normalized spacial score (nSPS) is 14.4. The van der Waals surface area contributed by atoms with Crippen molar-refractivity contribution in [3.63, 3.8) is 0 Å². The van der Waals surface area contributed by atoms with Crippen molar-refractivity contribution in [3.8, 4) is 5.75 Å². The molecule has 33 heavy (non-hydrogen) atoms. The van der Waals surface area contributed by atoms with Crippen LogP contribution in [0.2, 0.25) is 0 Å². The van der Waals surface area contributed by atoms with E-state index < -0.39 is 0 Å². The summed E-state index contributed by atoms with van der Waals surface area (Å²) in [6.07, 6.45) is 0. The molecule has 3 aromatic rings. The summed E-state index contributed by atoms with van der Waals surface area (Å²) >= 11 is 0. The fourth-order valence-corrected chi connectivity index (χ4v) is 4.13. The first-order chi connectivity index (χ1) is 16.0. The van der Waals surface area contributed by atoms with Crippen LogP contribution in [0.15, 0.2) is 72.8 Å². The highest BCUT2D eigenvalue weighted by Gasteiger charge is 2.28. The Morgan fingerprint density at radius 2 is 1.42 bits per heavy atom. The fourth-order valence-electron chi connectivity index (χ4n) is 4.13. The summed E-state index contributed by atoms with van der Waals surface area (Å²) in [4.78, 5) is 16.9. The number of nitrogens with one attached hydrogen (secondary N) is 1. The Hall–Kier alpha value is -3.45. The number of urea groups is 1. The van der Waals surface area contributed by atoms with E-state index in [1.165, 1.54) is 24.3 Å². The monoisotopic (exact) mass is 451 g/mol. The number of nitrogens with zero attached hydrogens (tertiary/aromatic N) is 2. The zero-order valence-electron chi connectivity index (χ0n) is 18.5. The van der Waals surface area contributed by atoms with E-state index in [4.69, 9.17) is 4.74 Å². The average Bonchev–Trinajstić information content (AvgIpc) is 2.83. The van der Waals surface area contributed by atoms with Gasteiger partial charge in [0.1, 0.15) is 17.4 Å². The highest BCUT2D eigenvalue weighted by atomic mass is 19.1. The summed E-state index contributed by atoms with van der Waals surface area (Å²) in [5.74, 6) is 0.0375. The predicted molar refractivity (Wildman–Crippen MR) is 124 cm³/mol. The minimum atomic E-state index is -0.301. The molecule has 0 aliphatic carbocycles.